The topological polar surface area (TPSA) is 32.3 Å². The first kappa shape index (κ1) is 16.8. The largest absolute Gasteiger partial charge is 0.329 e. The fourth-order valence-electron chi connectivity index (χ4n) is 2.13. The van der Waals surface area contributed by atoms with Gasteiger partial charge in [0.15, 0.2) is 0 Å². The summed E-state index contributed by atoms with van der Waals surface area (Å²) in [4.78, 5) is 14.2. The summed E-state index contributed by atoms with van der Waals surface area (Å²) in [7, 11) is 0. The number of amides is 2. The van der Waals surface area contributed by atoms with Gasteiger partial charge < -0.3 is 10.2 Å². The molecule has 4 heteroatoms. The summed E-state index contributed by atoms with van der Waals surface area (Å²) >= 11 is 6.22. The molecule has 0 saturated carbocycles. The zero-order valence-corrected chi connectivity index (χ0v) is 13.6. The Morgan fingerprint density at radius 1 is 1.30 bits per heavy atom. The van der Waals surface area contributed by atoms with Gasteiger partial charge in [0.1, 0.15) is 0 Å². The van der Waals surface area contributed by atoms with E-state index >= 15 is 0 Å². The number of hydrogen-bond donors (Lipinski definition) is 1. The van der Waals surface area contributed by atoms with Crippen LogP contribution >= 0.6 is 11.6 Å². The molecule has 0 spiro atoms. The Hall–Kier alpha value is -1.22. The van der Waals surface area contributed by atoms with E-state index in [9.17, 15) is 4.79 Å². The molecule has 0 fully saturated rings. The van der Waals surface area contributed by atoms with Crippen LogP contribution in [0.3, 0.4) is 0 Å². The molecule has 20 heavy (non-hydrogen) atoms. The van der Waals surface area contributed by atoms with Crippen LogP contribution in [0.15, 0.2) is 24.3 Å². The van der Waals surface area contributed by atoms with E-state index < -0.39 is 5.54 Å². The number of urea groups is 1. The highest BCUT2D eigenvalue weighted by Crippen LogP contribution is 2.27. The Balaban J connectivity index is 2.79. The van der Waals surface area contributed by atoms with E-state index in [2.05, 4.69) is 12.2 Å². The van der Waals surface area contributed by atoms with Crippen molar-refractivity contribution in [2.24, 2.45) is 0 Å². The highest BCUT2D eigenvalue weighted by atomic mass is 35.5. The molecule has 1 rings (SSSR count). The van der Waals surface area contributed by atoms with Crippen molar-refractivity contribution in [3.8, 4) is 0 Å². The molecular formula is C16H25ClN2O. The quantitative estimate of drug-likeness (QED) is 0.829. The molecular weight excluding hydrogens is 272 g/mol. The molecule has 0 aliphatic heterocycles. The number of halogens is 1. The second-order valence-electron chi connectivity index (χ2n) is 5.47. The van der Waals surface area contributed by atoms with Gasteiger partial charge in [0.2, 0.25) is 0 Å². The molecule has 0 bridgehead atoms. The molecule has 0 aromatic heterocycles. The highest BCUT2D eigenvalue weighted by molar-refractivity contribution is 6.31. The average Bonchev–Trinajstić information content (AvgIpc) is 2.39. The SMILES string of the molecule is CCCCN(CC)C(=O)NC(C)(C)c1ccccc1Cl. The number of nitrogens with zero attached hydrogens (tertiary/aromatic N) is 1. The maximum absolute atomic E-state index is 12.4. The molecule has 112 valence electrons. The van der Waals surface area contributed by atoms with E-state index in [1.807, 2.05) is 49.9 Å². The average molecular weight is 297 g/mol. The van der Waals surface area contributed by atoms with Crippen LogP contribution in [0.2, 0.25) is 5.02 Å². The van der Waals surface area contributed by atoms with Crippen molar-refractivity contribution in [2.45, 2.75) is 46.1 Å². The molecule has 0 atom stereocenters. The first-order valence-corrected chi connectivity index (χ1v) is 7.62. The van der Waals surface area contributed by atoms with Crippen LogP contribution in [0.5, 0.6) is 0 Å². The van der Waals surface area contributed by atoms with E-state index in [4.69, 9.17) is 11.6 Å². The Kier molecular flexibility index (Phi) is 6.34. The van der Waals surface area contributed by atoms with E-state index in [1.54, 1.807) is 0 Å². The van der Waals surface area contributed by atoms with Crippen molar-refractivity contribution in [2.75, 3.05) is 13.1 Å². The van der Waals surface area contributed by atoms with E-state index in [0.717, 1.165) is 24.9 Å². The highest BCUT2D eigenvalue weighted by Gasteiger charge is 2.26. The molecule has 0 radical (unpaired) electrons. The van der Waals surface area contributed by atoms with Crippen molar-refractivity contribution in [1.82, 2.24) is 10.2 Å². The summed E-state index contributed by atoms with van der Waals surface area (Å²) in [5.74, 6) is 0. The van der Waals surface area contributed by atoms with E-state index in [1.165, 1.54) is 0 Å². The predicted octanol–water partition coefficient (Wildman–Crippen LogP) is 4.41. The summed E-state index contributed by atoms with van der Waals surface area (Å²) in [5, 5.41) is 3.75. The molecule has 2 amide bonds. The fraction of sp³-hybridized carbons (Fsp3) is 0.562. The van der Waals surface area contributed by atoms with Crippen molar-refractivity contribution < 1.29 is 4.79 Å². The first-order valence-electron chi connectivity index (χ1n) is 7.24. The Bertz CT molecular complexity index is 446. The van der Waals surface area contributed by atoms with E-state index in [-0.39, 0.29) is 6.03 Å². The van der Waals surface area contributed by atoms with Gasteiger partial charge in [-0.2, -0.15) is 0 Å². The third-order valence-electron chi connectivity index (χ3n) is 3.42. The minimum Gasteiger partial charge on any atom is -0.329 e. The zero-order valence-electron chi connectivity index (χ0n) is 12.9. The summed E-state index contributed by atoms with van der Waals surface area (Å²) < 4.78 is 0. The number of nitrogens with one attached hydrogen (secondary N) is 1. The van der Waals surface area contributed by atoms with Crippen LogP contribution in [0.1, 0.15) is 46.1 Å². The maximum atomic E-state index is 12.4. The van der Waals surface area contributed by atoms with Gasteiger partial charge >= 0.3 is 6.03 Å². The first-order chi connectivity index (χ1) is 9.42. The van der Waals surface area contributed by atoms with Crippen LogP contribution in [-0.4, -0.2) is 24.0 Å². The van der Waals surface area contributed by atoms with Crippen LogP contribution in [0.4, 0.5) is 4.79 Å². The second-order valence-corrected chi connectivity index (χ2v) is 5.88. The summed E-state index contributed by atoms with van der Waals surface area (Å²) in [6.07, 6.45) is 2.10. The summed E-state index contributed by atoms with van der Waals surface area (Å²) in [6.45, 7) is 9.57. The third kappa shape index (κ3) is 4.41. The number of rotatable bonds is 6. The maximum Gasteiger partial charge on any atom is 0.318 e. The lowest BCUT2D eigenvalue weighted by atomic mass is 9.94. The minimum absolute atomic E-state index is 0.0362. The standard InChI is InChI=1S/C16H25ClN2O/c1-5-7-12-19(6-2)15(20)18-16(3,4)13-10-8-9-11-14(13)17/h8-11H,5-7,12H2,1-4H3,(H,18,20). The molecule has 0 unspecified atom stereocenters. The van der Waals surface area contributed by atoms with Gasteiger partial charge in [-0.15, -0.1) is 0 Å². The van der Waals surface area contributed by atoms with E-state index in [0.29, 0.717) is 11.6 Å². The van der Waals surface area contributed by atoms with Crippen molar-refractivity contribution in [1.29, 1.82) is 0 Å². The van der Waals surface area contributed by atoms with Crippen molar-refractivity contribution >= 4 is 17.6 Å². The second kappa shape index (κ2) is 7.53. The molecule has 0 aliphatic rings. The third-order valence-corrected chi connectivity index (χ3v) is 3.75. The Morgan fingerprint density at radius 2 is 1.95 bits per heavy atom. The fourth-order valence-corrected chi connectivity index (χ4v) is 2.51. The zero-order chi connectivity index (χ0) is 15.2. The van der Waals surface area contributed by atoms with Gasteiger partial charge in [-0.3, -0.25) is 0 Å². The summed E-state index contributed by atoms with van der Waals surface area (Å²) in [5.41, 5.74) is 0.441. The number of unbranched alkanes of at least 4 members (excludes halogenated alkanes) is 1. The summed E-state index contributed by atoms with van der Waals surface area (Å²) in [6, 6.07) is 7.59. The molecule has 1 aromatic rings. The van der Waals surface area contributed by atoms with Gasteiger partial charge in [-0.05, 0) is 38.8 Å². The normalized spacial score (nSPS) is 11.2. The monoisotopic (exact) mass is 296 g/mol. The van der Waals surface area contributed by atoms with Crippen LogP contribution < -0.4 is 5.32 Å². The van der Waals surface area contributed by atoms with Gasteiger partial charge in [0.25, 0.3) is 0 Å². The molecule has 1 aromatic carbocycles. The molecule has 1 N–H and O–H groups in total. The van der Waals surface area contributed by atoms with Gasteiger partial charge in [0, 0.05) is 18.1 Å². The Morgan fingerprint density at radius 3 is 2.50 bits per heavy atom. The smallest absolute Gasteiger partial charge is 0.318 e. The van der Waals surface area contributed by atoms with Gasteiger partial charge in [0.05, 0.1) is 5.54 Å². The van der Waals surface area contributed by atoms with Crippen LogP contribution in [0.25, 0.3) is 0 Å². The van der Waals surface area contributed by atoms with Gasteiger partial charge in [-0.25, -0.2) is 4.79 Å². The number of carbonyl (C=O) groups is 1. The lowest BCUT2D eigenvalue weighted by Gasteiger charge is -2.31. The lowest BCUT2D eigenvalue weighted by molar-refractivity contribution is 0.188. The molecule has 0 aliphatic carbocycles. The van der Waals surface area contributed by atoms with Gasteiger partial charge in [-0.1, -0.05) is 43.1 Å². The number of benzene rings is 1. The number of carbonyl (C=O) groups excluding carboxylic acids is 1. The van der Waals surface area contributed by atoms with Crippen LogP contribution in [0, 0.1) is 0 Å². The predicted molar refractivity (Wildman–Crippen MR) is 85.2 cm³/mol. The Labute approximate surface area is 127 Å². The molecule has 3 nitrogen and oxygen atoms in total. The van der Waals surface area contributed by atoms with Crippen LogP contribution in [-0.2, 0) is 5.54 Å². The number of hydrogen-bond acceptors (Lipinski definition) is 1. The van der Waals surface area contributed by atoms with Crippen molar-refractivity contribution in [3.05, 3.63) is 34.9 Å². The lowest BCUT2D eigenvalue weighted by Crippen LogP contribution is -2.48. The molecule has 0 saturated heterocycles. The molecule has 0 heterocycles. The van der Waals surface area contributed by atoms with Crippen molar-refractivity contribution in [3.63, 3.8) is 0 Å². The minimum atomic E-state index is -0.491.